The molecule has 0 atom stereocenters. The van der Waals surface area contributed by atoms with Gasteiger partial charge in [-0.15, -0.1) is 5.11 Å². The lowest BCUT2D eigenvalue weighted by molar-refractivity contribution is -0.139. The van der Waals surface area contributed by atoms with Gasteiger partial charge < -0.3 is 19.5 Å². The molecule has 0 spiro atoms. The molecule has 3 aromatic rings. The van der Waals surface area contributed by atoms with Crippen molar-refractivity contribution in [3.63, 3.8) is 0 Å². The highest BCUT2D eigenvalue weighted by Crippen LogP contribution is 2.38. The fraction of sp³-hybridized carbons (Fsp3) is 0.240. The average Bonchev–Trinajstić information content (AvgIpc) is 3.47. The number of alkyl halides is 3. The van der Waals surface area contributed by atoms with E-state index in [0.29, 0.717) is 28.7 Å². The molecule has 1 heterocycles. The molecule has 0 radical (unpaired) electrons. The molecule has 4 rings (SSSR count). The number of aliphatic imine (C=N–C) groups is 1. The third-order valence-electron chi connectivity index (χ3n) is 6.08. The Morgan fingerprint density at radius 2 is 1.43 bits per heavy atom. The van der Waals surface area contributed by atoms with Crippen molar-refractivity contribution in [2.75, 3.05) is 20.9 Å². The molecule has 0 amide bonds. The topological polar surface area (TPSA) is 133 Å². The van der Waals surface area contributed by atoms with E-state index in [1.54, 1.807) is 48.5 Å². The van der Waals surface area contributed by atoms with Crippen LogP contribution in [0.2, 0.25) is 0 Å². The average molecular weight is 576 g/mol. The first kappa shape index (κ1) is 29.2. The van der Waals surface area contributed by atoms with Gasteiger partial charge in [0.15, 0.2) is 12.5 Å². The van der Waals surface area contributed by atoms with Gasteiger partial charge in [0.1, 0.15) is 16.4 Å². The summed E-state index contributed by atoms with van der Waals surface area (Å²) in [5, 5.41) is 27.2. The van der Waals surface area contributed by atoms with Crippen molar-refractivity contribution in [1.29, 1.82) is 0 Å². The van der Waals surface area contributed by atoms with Crippen LogP contribution in [0.25, 0.3) is 0 Å². The van der Waals surface area contributed by atoms with Crippen molar-refractivity contribution in [3.8, 4) is 11.5 Å². The molecule has 40 heavy (non-hydrogen) atoms. The van der Waals surface area contributed by atoms with Gasteiger partial charge in [-0.1, -0.05) is 30.3 Å². The summed E-state index contributed by atoms with van der Waals surface area (Å²) in [5.74, 6) is 0.551. The van der Waals surface area contributed by atoms with Crippen molar-refractivity contribution in [2.24, 2.45) is 15.2 Å². The second kappa shape index (κ2) is 11.8. The van der Waals surface area contributed by atoms with Crippen LogP contribution >= 0.6 is 0 Å². The zero-order valence-electron chi connectivity index (χ0n) is 21.3. The Balaban J connectivity index is 1.94. The van der Waals surface area contributed by atoms with Gasteiger partial charge in [0.2, 0.25) is 10.0 Å². The normalized spacial score (nSPS) is 13.4. The molecule has 1 aliphatic rings. The maximum absolute atomic E-state index is 14.3. The molecular formula is C25H24BF3N4O6S. The minimum Gasteiger partial charge on any atom is -0.497 e. The smallest absolute Gasteiger partial charge is 0.489 e. The third kappa shape index (κ3) is 6.17. The lowest BCUT2D eigenvalue weighted by atomic mass is 9.76. The fourth-order valence-electron chi connectivity index (χ4n) is 4.12. The number of methoxy groups -OCH3 is 2. The van der Waals surface area contributed by atoms with E-state index >= 15 is 0 Å². The van der Waals surface area contributed by atoms with Crippen molar-refractivity contribution in [1.82, 2.24) is 4.31 Å². The van der Waals surface area contributed by atoms with E-state index in [0.717, 1.165) is 10.4 Å². The van der Waals surface area contributed by atoms with Gasteiger partial charge in [-0.05, 0) is 46.9 Å². The molecule has 0 aliphatic carbocycles. The number of hydrogen-bond donors (Lipinski definition) is 2. The largest absolute Gasteiger partial charge is 0.497 e. The van der Waals surface area contributed by atoms with Crippen molar-refractivity contribution in [2.45, 2.75) is 24.2 Å². The number of sulfonamides is 1. The van der Waals surface area contributed by atoms with E-state index in [4.69, 9.17) is 9.47 Å². The summed E-state index contributed by atoms with van der Waals surface area (Å²) >= 11 is 0. The summed E-state index contributed by atoms with van der Waals surface area (Å²) in [6.45, 7) is -0.905. The quantitative estimate of drug-likeness (QED) is 0.357. The van der Waals surface area contributed by atoms with Crippen LogP contribution < -0.4 is 14.9 Å². The summed E-state index contributed by atoms with van der Waals surface area (Å²) in [5.41, 5.74) is -1.78. The number of amidine groups is 1. The zero-order valence-corrected chi connectivity index (χ0v) is 22.1. The molecule has 3 aromatic carbocycles. The minimum atomic E-state index is -5.13. The lowest BCUT2D eigenvalue weighted by Gasteiger charge is -2.27. The van der Waals surface area contributed by atoms with Crippen LogP contribution in [-0.4, -0.2) is 56.6 Å². The molecule has 0 fully saturated rings. The highest BCUT2D eigenvalue weighted by molar-refractivity contribution is 7.89. The van der Waals surface area contributed by atoms with Crippen molar-refractivity contribution >= 4 is 28.4 Å². The molecule has 0 unspecified atom stereocenters. The third-order valence-corrected chi connectivity index (χ3v) is 7.96. The Hall–Kier alpha value is -3.79. The lowest BCUT2D eigenvalue weighted by Crippen LogP contribution is -2.40. The van der Waals surface area contributed by atoms with Crippen LogP contribution in [0.5, 0.6) is 11.5 Å². The predicted octanol–water partition coefficient (Wildman–Crippen LogP) is 2.96. The number of hydrogen-bond acceptors (Lipinski definition) is 9. The minimum absolute atomic E-state index is 0.257. The summed E-state index contributed by atoms with van der Waals surface area (Å²) in [6.07, 6.45) is -5.13. The number of halogens is 3. The number of azo groups is 1. The number of nitrogens with zero attached hydrogens (tertiary/aromatic N) is 4. The highest BCUT2D eigenvalue weighted by atomic mass is 32.2. The van der Waals surface area contributed by atoms with Gasteiger partial charge in [-0.2, -0.15) is 22.6 Å². The molecule has 10 nitrogen and oxygen atoms in total. The number of ether oxygens (including phenoxy) is 2. The fourth-order valence-corrected chi connectivity index (χ4v) is 5.94. The molecule has 0 aromatic heterocycles. The van der Waals surface area contributed by atoms with E-state index in [1.807, 2.05) is 0 Å². The molecule has 15 heteroatoms. The summed E-state index contributed by atoms with van der Waals surface area (Å²) in [7, 11) is -4.42. The van der Waals surface area contributed by atoms with Gasteiger partial charge in [0.25, 0.3) is 0 Å². The molecule has 210 valence electrons. The van der Waals surface area contributed by atoms with Gasteiger partial charge in [0.05, 0.1) is 19.8 Å². The van der Waals surface area contributed by atoms with Crippen LogP contribution in [0.4, 0.5) is 13.2 Å². The molecule has 2 N–H and O–H groups in total. The van der Waals surface area contributed by atoms with E-state index in [9.17, 15) is 31.6 Å². The predicted molar refractivity (Wildman–Crippen MR) is 140 cm³/mol. The van der Waals surface area contributed by atoms with Crippen LogP contribution in [0.15, 0.2) is 80.8 Å². The summed E-state index contributed by atoms with van der Waals surface area (Å²) in [6, 6.07) is 14.0. The Morgan fingerprint density at radius 1 is 0.900 bits per heavy atom. The number of rotatable bonds is 10. The van der Waals surface area contributed by atoms with Crippen LogP contribution in [0, 0.1) is 0 Å². The molecule has 0 saturated heterocycles. The Bertz CT molecular complexity index is 1480. The van der Waals surface area contributed by atoms with Crippen molar-refractivity contribution in [3.05, 3.63) is 82.9 Å². The van der Waals surface area contributed by atoms with Crippen LogP contribution in [0.1, 0.15) is 22.3 Å². The van der Waals surface area contributed by atoms with Crippen LogP contribution in [-0.2, 0) is 29.3 Å². The first-order valence-corrected chi connectivity index (χ1v) is 13.2. The Morgan fingerprint density at radius 3 is 1.82 bits per heavy atom. The monoisotopic (exact) mass is 576 g/mol. The maximum atomic E-state index is 14.3. The molecular weight excluding hydrogens is 552 g/mol. The zero-order chi connectivity index (χ0) is 29.1. The van der Waals surface area contributed by atoms with Crippen LogP contribution in [0.3, 0.4) is 0 Å². The molecule has 0 bridgehead atoms. The summed E-state index contributed by atoms with van der Waals surface area (Å²) in [4.78, 5) is 2.69. The molecule has 1 aliphatic heterocycles. The molecule has 0 saturated carbocycles. The second-order valence-electron chi connectivity index (χ2n) is 8.61. The van der Waals surface area contributed by atoms with E-state index in [-0.39, 0.29) is 19.8 Å². The summed E-state index contributed by atoms with van der Waals surface area (Å²) < 4.78 is 82.7. The van der Waals surface area contributed by atoms with Gasteiger partial charge in [-0.25, -0.2) is 13.4 Å². The van der Waals surface area contributed by atoms with Crippen molar-refractivity contribution < 1.29 is 41.1 Å². The maximum Gasteiger partial charge on any atom is 0.489 e. The van der Waals surface area contributed by atoms with E-state index in [2.05, 4.69) is 15.2 Å². The van der Waals surface area contributed by atoms with Gasteiger partial charge >= 0.3 is 13.3 Å². The van der Waals surface area contributed by atoms with E-state index in [1.165, 1.54) is 14.2 Å². The first-order chi connectivity index (χ1) is 19.0. The first-order valence-electron chi connectivity index (χ1n) is 11.7. The standard InChI is InChI=1S/C25H24BF3N4O6S/c1-38-18-7-3-16(4-8-18)13-33(14-17-5-9-19(39-2)10-6-17)40(36,37)23-20(25(27,28)29)11-12-21(26(34)35)22(23)24-30-15-31-32-24/h3-12,34-35H,13-15H2,1-2H3. The Kier molecular flexibility index (Phi) is 8.58. The van der Waals surface area contributed by atoms with Gasteiger partial charge in [-0.3, -0.25) is 0 Å². The second-order valence-corrected chi connectivity index (χ2v) is 10.5. The van der Waals surface area contributed by atoms with E-state index < -0.39 is 50.6 Å². The number of benzene rings is 3. The van der Waals surface area contributed by atoms with Gasteiger partial charge in [0, 0.05) is 18.7 Å². The Labute approximate surface area is 228 Å². The highest BCUT2D eigenvalue weighted by Gasteiger charge is 2.43. The SMILES string of the molecule is COc1ccc(CN(Cc2ccc(OC)cc2)S(=O)(=O)c2c(C(F)(F)F)ccc(B(O)O)c2C2=NCN=N2)cc1.